The monoisotopic (exact) mass is 242 g/mol. The number of para-hydroxylation sites is 1. The van der Waals surface area contributed by atoms with Crippen molar-refractivity contribution in [3.63, 3.8) is 0 Å². The van der Waals surface area contributed by atoms with E-state index in [1.165, 1.54) is 11.1 Å². The van der Waals surface area contributed by atoms with E-state index in [2.05, 4.69) is 23.3 Å². The number of ether oxygens (including phenoxy) is 1. The maximum atomic E-state index is 5.59. The van der Waals surface area contributed by atoms with Crippen LogP contribution in [0.25, 0.3) is 0 Å². The van der Waals surface area contributed by atoms with E-state index in [1.807, 2.05) is 42.7 Å². The molecule has 0 radical (unpaired) electrons. The quantitative estimate of drug-likeness (QED) is 0.790. The third-order valence-corrected chi connectivity index (χ3v) is 2.55. The van der Waals surface area contributed by atoms with Gasteiger partial charge >= 0.3 is 0 Å². The van der Waals surface area contributed by atoms with E-state index in [4.69, 9.17) is 4.74 Å². The van der Waals surface area contributed by atoms with Crippen molar-refractivity contribution in [3.8, 4) is 5.75 Å². The maximum Gasteiger partial charge on any atom is 0.119 e. The minimum atomic E-state index is 0.670. The van der Waals surface area contributed by atoms with Gasteiger partial charge < -0.3 is 10.1 Å². The van der Waals surface area contributed by atoms with Crippen LogP contribution in [-0.2, 0) is 6.54 Å². The van der Waals surface area contributed by atoms with Gasteiger partial charge in [0.05, 0.1) is 0 Å². The predicted molar refractivity (Wildman–Crippen MR) is 72.6 cm³/mol. The first-order valence-electron chi connectivity index (χ1n) is 6.14. The second kappa shape index (κ2) is 6.77. The molecule has 2 aromatic rings. The number of aryl methyl sites for hydroxylation is 1. The van der Waals surface area contributed by atoms with Gasteiger partial charge in [-0.1, -0.05) is 24.3 Å². The van der Waals surface area contributed by atoms with Crippen LogP contribution in [0.3, 0.4) is 0 Å². The Morgan fingerprint density at radius 1 is 1.17 bits per heavy atom. The molecule has 1 aromatic heterocycles. The van der Waals surface area contributed by atoms with Crippen LogP contribution in [0.1, 0.15) is 11.1 Å². The lowest BCUT2D eigenvalue weighted by atomic mass is 10.2. The van der Waals surface area contributed by atoms with Gasteiger partial charge in [-0.25, -0.2) is 0 Å². The smallest absolute Gasteiger partial charge is 0.119 e. The minimum Gasteiger partial charge on any atom is -0.492 e. The number of benzene rings is 1. The fraction of sp³-hybridized carbons (Fsp3) is 0.267. The molecule has 0 aliphatic rings. The molecule has 3 heteroatoms. The maximum absolute atomic E-state index is 5.59. The predicted octanol–water partition coefficient (Wildman–Crippen LogP) is 2.56. The summed E-state index contributed by atoms with van der Waals surface area (Å²) in [6.07, 6.45) is 3.75. The Balaban J connectivity index is 1.65. The normalized spacial score (nSPS) is 10.3. The molecule has 1 aromatic carbocycles. The molecule has 0 unspecified atom stereocenters. The number of aromatic nitrogens is 1. The number of hydrogen-bond donors (Lipinski definition) is 1. The summed E-state index contributed by atoms with van der Waals surface area (Å²) in [5.41, 5.74) is 2.39. The van der Waals surface area contributed by atoms with Gasteiger partial charge in [0.2, 0.25) is 0 Å². The van der Waals surface area contributed by atoms with E-state index in [-0.39, 0.29) is 0 Å². The lowest BCUT2D eigenvalue weighted by Gasteiger charge is -2.07. The molecule has 2 rings (SSSR count). The van der Waals surface area contributed by atoms with Crippen LogP contribution in [0.2, 0.25) is 0 Å². The number of nitrogens with zero attached hydrogens (tertiary/aromatic N) is 1. The Kier molecular flexibility index (Phi) is 4.73. The first-order chi connectivity index (χ1) is 8.84. The van der Waals surface area contributed by atoms with E-state index in [1.54, 1.807) is 0 Å². The van der Waals surface area contributed by atoms with Crippen LogP contribution in [0.4, 0.5) is 0 Å². The van der Waals surface area contributed by atoms with E-state index >= 15 is 0 Å². The molecule has 0 fully saturated rings. The summed E-state index contributed by atoms with van der Waals surface area (Å²) < 4.78 is 5.59. The summed E-state index contributed by atoms with van der Waals surface area (Å²) in [7, 11) is 0. The zero-order valence-electron chi connectivity index (χ0n) is 10.6. The van der Waals surface area contributed by atoms with Crippen molar-refractivity contribution in [2.75, 3.05) is 13.2 Å². The van der Waals surface area contributed by atoms with Gasteiger partial charge in [-0.3, -0.25) is 4.98 Å². The van der Waals surface area contributed by atoms with Gasteiger partial charge in [0.1, 0.15) is 12.4 Å². The molecule has 3 nitrogen and oxygen atoms in total. The molecular weight excluding hydrogens is 224 g/mol. The standard InChI is InChI=1S/C15H18N2O/c1-13-9-14(12-17-10-13)11-16-7-8-18-15-5-3-2-4-6-15/h2-6,9-10,12,16H,7-8,11H2,1H3. The summed E-state index contributed by atoms with van der Waals surface area (Å²) >= 11 is 0. The highest BCUT2D eigenvalue weighted by atomic mass is 16.5. The summed E-state index contributed by atoms with van der Waals surface area (Å²) in [5, 5.41) is 3.33. The highest BCUT2D eigenvalue weighted by Crippen LogP contribution is 2.07. The third-order valence-electron chi connectivity index (χ3n) is 2.55. The molecule has 94 valence electrons. The average Bonchev–Trinajstić information content (AvgIpc) is 2.40. The molecule has 0 spiro atoms. The number of rotatable bonds is 6. The van der Waals surface area contributed by atoms with Crippen LogP contribution < -0.4 is 10.1 Å². The third kappa shape index (κ3) is 4.18. The molecule has 1 N–H and O–H groups in total. The van der Waals surface area contributed by atoms with Gasteiger partial charge in [0, 0.05) is 25.5 Å². The molecule has 0 atom stereocenters. The molecule has 0 bridgehead atoms. The van der Waals surface area contributed by atoms with Gasteiger partial charge in [-0.05, 0) is 30.2 Å². The topological polar surface area (TPSA) is 34.2 Å². The average molecular weight is 242 g/mol. The zero-order chi connectivity index (χ0) is 12.6. The van der Waals surface area contributed by atoms with Crippen LogP contribution in [0.5, 0.6) is 5.75 Å². The Labute approximate surface area is 108 Å². The van der Waals surface area contributed by atoms with Crippen molar-refractivity contribution >= 4 is 0 Å². The molecule has 0 aliphatic heterocycles. The van der Waals surface area contributed by atoms with Crippen molar-refractivity contribution in [3.05, 3.63) is 59.9 Å². The van der Waals surface area contributed by atoms with Crippen molar-refractivity contribution in [2.45, 2.75) is 13.5 Å². The van der Waals surface area contributed by atoms with E-state index in [9.17, 15) is 0 Å². The second-order valence-electron chi connectivity index (χ2n) is 4.21. The van der Waals surface area contributed by atoms with Crippen molar-refractivity contribution < 1.29 is 4.74 Å². The Bertz CT molecular complexity index is 471. The fourth-order valence-corrected chi connectivity index (χ4v) is 1.70. The molecule has 1 heterocycles. The van der Waals surface area contributed by atoms with Crippen molar-refractivity contribution in [1.29, 1.82) is 0 Å². The van der Waals surface area contributed by atoms with Gasteiger partial charge in [-0.15, -0.1) is 0 Å². The highest BCUT2D eigenvalue weighted by molar-refractivity contribution is 5.20. The molecular formula is C15H18N2O. The van der Waals surface area contributed by atoms with E-state index in [0.717, 1.165) is 18.8 Å². The fourth-order valence-electron chi connectivity index (χ4n) is 1.70. The molecule has 0 amide bonds. The van der Waals surface area contributed by atoms with Gasteiger partial charge in [-0.2, -0.15) is 0 Å². The lowest BCUT2D eigenvalue weighted by molar-refractivity contribution is 0.313. The largest absolute Gasteiger partial charge is 0.492 e. The van der Waals surface area contributed by atoms with E-state index in [0.29, 0.717) is 6.61 Å². The number of nitrogens with one attached hydrogen (secondary N) is 1. The van der Waals surface area contributed by atoms with Gasteiger partial charge in [0.25, 0.3) is 0 Å². The van der Waals surface area contributed by atoms with Crippen LogP contribution in [-0.4, -0.2) is 18.1 Å². The molecule has 18 heavy (non-hydrogen) atoms. The first kappa shape index (κ1) is 12.6. The summed E-state index contributed by atoms with van der Waals surface area (Å²) in [4.78, 5) is 4.16. The van der Waals surface area contributed by atoms with Crippen LogP contribution in [0.15, 0.2) is 48.8 Å². The number of hydrogen-bond acceptors (Lipinski definition) is 3. The van der Waals surface area contributed by atoms with Crippen LogP contribution in [0, 0.1) is 6.92 Å². The van der Waals surface area contributed by atoms with Crippen molar-refractivity contribution in [1.82, 2.24) is 10.3 Å². The highest BCUT2D eigenvalue weighted by Gasteiger charge is 1.94. The second-order valence-corrected chi connectivity index (χ2v) is 4.21. The zero-order valence-corrected chi connectivity index (χ0v) is 10.6. The van der Waals surface area contributed by atoms with Gasteiger partial charge in [0.15, 0.2) is 0 Å². The lowest BCUT2D eigenvalue weighted by Crippen LogP contribution is -2.20. The molecule has 0 saturated carbocycles. The molecule has 0 saturated heterocycles. The van der Waals surface area contributed by atoms with E-state index < -0.39 is 0 Å². The number of pyridine rings is 1. The minimum absolute atomic E-state index is 0.670. The Morgan fingerprint density at radius 3 is 2.78 bits per heavy atom. The first-order valence-corrected chi connectivity index (χ1v) is 6.14. The summed E-state index contributed by atoms with van der Waals surface area (Å²) in [6.45, 7) is 4.37. The Hall–Kier alpha value is -1.87. The van der Waals surface area contributed by atoms with Crippen LogP contribution >= 0.6 is 0 Å². The summed E-state index contributed by atoms with van der Waals surface area (Å²) in [5.74, 6) is 0.913. The SMILES string of the molecule is Cc1cncc(CNCCOc2ccccc2)c1. The Morgan fingerprint density at radius 2 is 2.00 bits per heavy atom. The summed E-state index contributed by atoms with van der Waals surface area (Å²) in [6, 6.07) is 12.0. The van der Waals surface area contributed by atoms with Crippen molar-refractivity contribution in [2.24, 2.45) is 0 Å². The molecule has 0 aliphatic carbocycles.